The van der Waals surface area contributed by atoms with Crippen LogP contribution in [0.4, 0.5) is 11.4 Å². The van der Waals surface area contributed by atoms with Crippen molar-refractivity contribution in [2.24, 2.45) is 0 Å². The van der Waals surface area contributed by atoms with Gasteiger partial charge in [0.15, 0.2) is 0 Å². The summed E-state index contributed by atoms with van der Waals surface area (Å²) in [6.45, 7) is 0. The van der Waals surface area contributed by atoms with Gasteiger partial charge in [-0.25, -0.2) is 8.42 Å². The number of nitrogens with zero attached hydrogens (tertiary/aromatic N) is 1. The lowest BCUT2D eigenvalue weighted by Gasteiger charge is -2.22. The molecule has 0 radical (unpaired) electrons. The minimum Gasteiger partial charge on any atom is -0.324 e. The molecule has 3 aromatic carbocycles. The van der Waals surface area contributed by atoms with Crippen LogP contribution in [0.2, 0.25) is 0 Å². The molecule has 2 N–H and O–H groups in total. The van der Waals surface area contributed by atoms with Crippen LogP contribution in [-0.4, -0.2) is 19.2 Å². The van der Waals surface area contributed by atoms with Gasteiger partial charge >= 0.3 is 0 Å². The summed E-state index contributed by atoms with van der Waals surface area (Å²) in [5, 5.41) is 14.0. The number of amides is 1. The molecular formula is C26H25N3O5S. The van der Waals surface area contributed by atoms with E-state index in [1.807, 2.05) is 0 Å². The highest BCUT2D eigenvalue weighted by molar-refractivity contribution is 7.89. The van der Waals surface area contributed by atoms with Crippen molar-refractivity contribution >= 4 is 27.3 Å². The Morgan fingerprint density at radius 3 is 2.06 bits per heavy atom. The Balaban J connectivity index is 1.48. The van der Waals surface area contributed by atoms with E-state index in [4.69, 9.17) is 0 Å². The fraction of sp³-hybridized carbons (Fsp3) is 0.269. The number of sulfonamides is 1. The molecular weight excluding hydrogens is 466 g/mol. The van der Waals surface area contributed by atoms with E-state index >= 15 is 0 Å². The number of non-ortho nitro benzene ring substituents is 1. The van der Waals surface area contributed by atoms with Gasteiger partial charge in [0.2, 0.25) is 15.9 Å². The molecule has 0 heterocycles. The SMILES string of the molecule is O=C(Nc1c2c(cc3c1CCC3)CCC2)C(NS(=O)(=O)c1ccc([N+](=O)[O-])cc1)c1ccccc1. The molecule has 1 amide bonds. The number of aryl methyl sites for hydroxylation is 2. The fourth-order valence-electron chi connectivity index (χ4n) is 5.05. The van der Waals surface area contributed by atoms with Gasteiger partial charge in [-0.2, -0.15) is 4.72 Å². The molecule has 0 fully saturated rings. The van der Waals surface area contributed by atoms with Gasteiger partial charge in [0.1, 0.15) is 6.04 Å². The summed E-state index contributed by atoms with van der Waals surface area (Å²) in [4.78, 5) is 23.8. The van der Waals surface area contributed by atoms with Gasteiger partial charge in [-0.05, 0) is 78.5 Å². The Bertz CT molecular complexity index is 1370. The predicted octanol–water partition coefficient (Wildman–Crippen LogP) is 4.23. The van der Waals surface area contributed by atoms with Crippen LogP contribution < -0.4 is 10.0 Å². The van der Waals surface area contributed by atoms with E-state index in [9.17, 15) is 23.3 Å². The van der Waals surface area contributed by atoms with Gasteiger partial charge in [0, 0.05) is 17.8 Å². The highest BCUT2D eigenvalue weighted by atomic mass is 32.2. The van der Waals surface area contributed by atoms with Crippen LogP contribution in [0.1, 0.15) is 46.7 Å². The van der Waals surface area contributed by atoms with Crippen LogP contribution >= 0.6 is 0 Å². The molecule has 0 aliphatic heterocycles. The van der Waals surface area contributed by atoms with Crippen LogP contribution in [0.15, 0.2) is 65.6 Å². The van der Waals surface area contributed by atoms with Crippen LogP contribution in [0.3, 0.4) is 0 Å². The van der Waals surface area contributed by atoms with Crippen LogP contribution in [0.5, 0.6) is 0 Å². The number of fused-ring (bicyclic) bond motifs is 2. The van der Waals surface area contributed by atoms with E-state index in [0.29, 0.717) is 5.56 Å². The summed E-state index contributed by atoms with van der Waals surface area (Å²) in [5.74, 6) is -0.462. The summed E-state index contributed by atoms with van der Waals surface area (Å²) < 4.78 is 28.9. The number of benzene rings is 3. The summed E-state index contributed by atoms with van der Waals surface area (Å²) >= 11 is 0. The number of hydrogen-bond acceptors (Lipinski definition) is 5. The van der Waals surface area contributed by atoms with Crippen molar-refractivity contribution in [3.63, 3.8) is 0 Å². The number of hydrogen-bond donors (Lipinski definition) is 2. The van der Waals surface area contributed by atoms with Crippen LogP contribution in [-0.2, 0) is 40.5 Å². The molecule has 3 aromatic rings. The first kappa shape index (κ1) is 23.2. The average Bonchev–Trinajstić information content (AvgIpc) is 3.52. The zero-order valence-electron chi connectivity index (χ0n) is 19.0. The number of carbonyl (C=O) groups excluding carboxylic acids is 1. The summed E-state index contributed by atoms with van der Waals surface area (Å²) in [6.07, 6.45) is 5.83. The summed E-state index contributed by atoms with van der Waals surface area (Å²) in [5.41, 5.74) is 5.97. The Hall–Kier alpha value is -3.56. The summed E-state index contributed by atoms with van der Waals surface area (Å²) in [7, 11) is -4.14. The first-order valence-electron chi connectivity index (χ1n) is 11.6. The van der Waals surface area contributed by atoms with Crippen LogP contribution in [0.25, 0.3) is 0 Å². The Labute approximate surface area is 203 Å². The number of carbonyl (C=O) groups is 1. The first-order valence-corrected chi connectivity index (χ1v) is 13.1. The van der Waals surface area contributed by atoms with Crippen molar-refractivity contribution in [3.8, 4) is 0 Å². The van der Waals surface area contributed by atoms with E-state index in [0.717, 1.165) is 79.6 Å². The van der Waals surface area contributed by atoms with Gasteiger partial charge < -0.3 is 5.32 Å². The molecule has 35 heavy (non-hydrogen) atoms. The molecule has 1 unspecified atom stereocenters. The highest BCUT2D eigenvalue weighted by Gasteiger charge is 2.31. The second kappa shape index (κ2) is 9.24. The Morgan fingerprint density at radius 1 is 0.886 bits per heavy atom. The van der Waals surface area contributed by atoms with Crippen molar-refractivity contribution in [1.29, 1.82) is 0 Å². The fourth-order valence-corrected chi connectivity index (χ4v) is 6.24. The largest absolute Gasteiger partial charge is 0.324 e. The number of nitro groups is 1. The number of nitrogens with one attached hydrogen (secondary N) is 2. The maximum absolute atomic E-state index is 13.6. The molecule has 1 atom stereocenters. The maximum Gasteiger partial charge on any atom is 0.269 e. The topological polar surface area (TPSA) is 118 Å². The predicted molar refractivity (Wildman–Crippen MR) is 132 cm³/mol. The van der Waals surface area contributed by atoms with E-state index < -0.39 is 26.9 Å². The van der Waals surface area contributed by atoms with E-state index in [-0.39, 0.29) is 10.6 Å². The van der Waals surface area contributed by atoms with Crippen LogP contribution in [0, 0.1) is 10.1 Å². The molecule has 0 aromatic heterocycles. The lowest BCUT2D eigenvalue weighted by Crippen LogP contribution is -2.37. The quantitative estimate of drug-likeness (QED) is 0.379. The minimum atomic E-state index is -4.14. The van der Waals surface area contributed by atoms with Gasteiger partial charge in [-0.15, -0.1) is 0 Å². The lowest BCUT2D eigenvalue weighted by atomic mass is 9.98. The van der Waals surface area contributed by atoms with Gasteiger partial charge in [-0.1, -0.05) is 36.4 Å². The van der Waals surface area contributed by atoms with Crippen molar-refractivity contribution in [1.82, 2.24) is 4.72 Å². The third kappa shape index (κ3) is 4.56. The maximum atomic E-state index is 13.6. The minimum absolute atomic E-state index is 0.154. The molecule has 8 nitrogen and oxygen atoms in total. The molecule has 0 saturated carbocycles. The first-order chi connectivity index (χ1) is 16.8. The van der Waals surface area contributed by atoms with Crippen molar-refractivity contribution < 1.29 is 18.1 Å². The standard InChI is InChI=1S/C26H25N3O5S/c30-26(27-25-22-10-4-8-18(22)16-19-9-5-11-23(19)25)24(17-6-2-1-3-7-17)28-35(33,34)21-14-12-20(13-15-21)29(31)32/h1-3,6-7,12-16,24,28H,4-5,8-11H2,(H,27,30). The third-order valence-corrected chi connectivity index (χ3v) is 8.19. The smallest absolute Gasteiger partial charge is 0.269 e. The van der Waals surface area contributed by atoms with Gasteiger partial charge in [-0.3, -0.25) is 14.9 Å². The van der Waals surface area contributed by atoms with Gasteiger partial charge in [0.05, 0.1) is 9.82 Å². The normalized spacial score (nSPS) is 15.3. The molecule has 2 aliphatic rings. The molecule has 0 bridgehead atoms. The van der Waals surface area contributed by atoms with E-state index in [1.54, 1.807) is 30.3 Å². The number of anilines is 1. The zero-order chi connectivity index (χ0) is 24.6. The van der Waals surface area contributed by atoms with E-state index in [1.165, 1.54) is 11.1 Å². The highest BCUT2D eigenvalue weighted by Crippen LogP contribution is 2.39. The average molecular weight is 492 g/mol. The Kier molecular flexibility index (Phi) is 6.12. The third-order valence-electron chi connectivity index (χ3n) is 6.75. The van der Waals surface area contributed by atoms with Gasteiger partial charge in [0.25, 0.3) is 5.69 Å². The molecule has 0 spiro atoms. The van der Waals surface area contributed by atoms with Crippen molar-refractivity contribution in [2.45, 2.75) is 49.5 Å². The Morgan fingerprint density at radius 2 is 1.49 bits per heavy atom. The zero-order valence-corrected chi connectivity index (χ0v) is 19.8. The van der Waals surface area contributed by atoms with Crippen molar-refractivity contribution in [3.05, 3.63) is 98.6 Å². The van der Waals surface area contributed by atoms with Crippen molar-refractivity contribution in [2.75, 3.05) is 5.32 Å². The second-order valence-corrected chi connectivity index (χ2v) is 10.7. The molecule has 0 saturated heterocycles. The molecule has 9 heteroatoms. The monoisotopic (exact) mass is 491 g/mol. The number of rotatable bonds is 7. The number of nitro benzene ring substituents is 1. The molecule has 5 rings (SSSR count). The van der Waals surface area contributed by atoms with E-state index in [2.05, 4.69) is 16.1 Å². The molecule has 180 valence electrons. The lowest BCUT2D eigenvalue weighted by molar-refractivity contribution is -0.384. The summed E-state index contributed by atoms with van der Waals surface area (Å²) in [6, 6.07) is 14.4. The molecule has 2 aliphatic carbocycles. The second-order valence-electron chi connectivity index (χ2n) is 8.94.